The van der Waals surface area contributed by atoms with Crippen LogP contribution in [0, 0.1) is 11.1 Å². The van der Waals surface area contributed by atoms with Crippen LogP contribution >= 0.6 is 0 Å². The average molecular weight is 230 g/mol. The number of fused-ring (bicyclic) bond motifs is 1. The van der Waals surface area contributed by atoms with Crippen molar-refractivity contribution < 1.29 is 9.95 Å². The zero-order valence-electron chi connectivity index (χ0n) is 9.41. The number of nitrogens with zero attached hydrogens (tertiary/aromatic N) is 2. The third kappa shape index (κ3) is 1.52. The minimum atomic E-state index is -0.241. The molecule has 1 N–H and O–H groups in total. The van der Waals surface area contributed by atoms with Crippen LogP contribution in [0.5, 0.6) is 0 Å². The number of hydrogen-bond donors (Lipinski definition) is 1. The van der Waals surface area contributed by atoms with Crippen LogP contribution in [0.4, 0.5) is 0 Å². The van der Waals surface area contributed by atoms with Gasteiger partial charge in [-0.1, -0.05) is 23.4 Å². The van der Waals surface area contributed by atoms with Crippen molar-refractivity contribution in [3.63, 3.8) is 0 Å². The standard InChI is InChI=1S/C13H14N2O2/c16-14-11-7-6-10-8-12(15(17)13(10)11)9-4-2-1-3-5-9/h1-5,10,13,16H,6-8H2/t10?,13-/m1/s1. The van der Waals surface area contributed by atoms with E-state index in [0.717, 1.165) is 35.3 Å². The van der Waals surface area contributed by atoms with Crippen molar-refractivity contribution >= 4 is 11.4 Å². The maximum Gasteiger partial charge on any atom is 0.208 e. The molecule has 1 aromatic rings. The molecule has 0 saturated heterocycles. The van der Waals surface area contributed by atoms with Gasteiger partial charge in [-0.15, -0.1) is 0 Å². The molecule has 1 saturated carbocycles. The summed E-state index contributed by atoms with van der Waals surface area (Å²) in [7, 11) is 0. The lowest BCUT2D eigenvalue weighted by atomic mass is 9.98. The lowest BCUT2D eigenvalue weighted by Crippen LogP contribution is -2.28. The molecule has 0 aromatic heterocycles. The fourth-order valence-electron chi connectivity index (χ4n) is 2.94. The Morgan fingerprint density at radius 2 is 2.06 bits per heavy atom. The molecular formula is C13H14N2O2. The van der Waals surface area contributed by atoms with Gasteiger partial charge in [-0.3, -0.25) is 0 Å². The first-order chi connectivity index (χ1) is 8.31. The molecule has 0 spiro atoms. The van der Waals surface area contributed by atoms with Gasteiger partial charge in [0.2, 0.25) is 6.04 Å². The highest BCUT2D eigenvalue weighted by atomic mass is 16.5. The maximum atomic E-state index is 12.2. The predicted molar refractivity (Wildman–Crippen MR) is 64.5 cm³/mol. The quantitative estimate of drug-likeness (QED) is 0.347. The molecule has 1 heterocycles. The molecule has 2 aliphatic rings. The second-order valence-corrected chi connectivity index (χ2v) is 4.68. The Balaban J connectivity index is 2.01. The summed E-state index contributed by atoms with van der Waals surface area (Å²) in [5.74, 6) is 0.314. The van der Waals surface area contributed by atoms with Crippen molar-refractivity contribution in [3.8, 4) is 0 Å². The van der Waals surface area contributed by atoms with Crippen molar-refractivity contribution in [3.05, 3.63) is 41.1 Å². The second-order valence-electron chi connectivity index (χ2n) is 4.68. The summed E-state index contributed by atoms with van der Waals surface area (Å²) < 4.78 is 1.04. The highest BCUT2D eigenvalue weighted by Gasteiger charge is 2.47. The van der Waals surface area contributed by atoms with E-state index in [4.69, 9.17) is 5.21 Å². The summed E-state index contributed by atoms with van der Waals surface area (Å²) in [5, 5.41) is 24.4. The lowest BCUT2D eigenvalue weighted by molar-refractivity contribution is -0.476. The van der Waals surface area contributed by atoms with Crippen molar-refractivity contribution in [2.45, 2.75) is 25.3 Å². The molecule has 2 atom stereocenters. The number of hydrogen-bond acceptors (Lipinski definition) is 3. The zero-order valence-corrected chi connectivity index (χ0v) is 9.41. The minimum Gasteiger partial charge on any atom is -0.623 e. The molecule has 1 aromatic carbocycles. The number of benzene rings is 1. The Kier molecular flexibility index (Phi) is 2.35. The van der Waals surface area contributed by atoms with E-state index in [-0.39, 0.29) is 6.04 Å². The van der Waals surface area contributed by atoms with Gasteiger partial charge in [-0.25, -0.2) is 0 Å². The van der Waals surface area contributed by atoms with E-state index in [9.17, 15) is 5.21 Å². The predicted octanol–water partition coefficient (Wildman–Crippen LogP) is 2.00. The monoisotopic (exact) mass is 230 g/mol. The second kappa shape index (κ2) is 3.87. The molecule has 0 radical (unpaired) electrons. The van der Waals surface area contributed by atoms with Crippen molar-refractivity contribution in [1.29, 1.82) is 0 Å². The molecular weight excluding hydrogens is 216 g/mol. The Hall–Kier alpha value is -1.84. The van der Waals surface area contributed by atoms with E-state index in [1.54, 1.807) is 0 Å². The van der Waals surface area contributed by atoms with Gasteiger partial charge in [0.05, 0.1) is 0 Å². The molecule has 4 nitrogen and oxygen atoms in total. The number of hydroxylamine groups is 1. The topological polar surface area (TPSA) is 58.7 Å². The molecule has 88 valence electrons. The van der Waals surface area contributed by atoms with Crippen molar-refractivity contribution in [2.75, 3.05) is 0 Å². The van der Waals surface area contributed by atoms with E-state index in [1.165, 1.54) is 0 Å². The minimum absolute atomic E-state index is 0.241. The van der Waals surface area contributed by atoms with Gasteiger partial charge in [0.15, 0.2) is 5.71 Å². The summed E-state index contributed by atoms with van der Waals surface area (Å²) in [6.45, 7) is 0. The average Bonchev–Trinajstić information content (AvgIpc) is 2.91. The zero-order chi connectivity index (χ0) is 11.8. The Morgan fingerprint density at radius 3 is 2.76 bits per heavy atom. The normalized spacial score (nSPS) is 30.0. The lowest BCUT2D eigenvalue weighted by Gasteiger charge is -2.10. The summed E-state index contributed by atoms with van der Waals surface area (Å²) >= 11 is 0. The van der Waals surface area contributed by atoms with E-state index >= 15 is 0 Å². The molecule has 1 unspecified atom stereocenters. The first kappa shape index (κ1) is 10.3. The largest absolute Gasteiger partial charge is 0.623 e. The van der Waals surface area contributed by atoms with Gasteiger partial charge in [-0.2, -0.15) is 4.74 Å². The molecule has 4 heteroatoms. The van der Waals surface area contributed by atoms with Crippen LogP contribution in [0.1, 0.15) is 24.8 Å². The molecule has 17 heavy (non-hydrogen) atoms. The van der Waals surface area contributed by atoms with Crippen LogP contribution in [0.3, 0.4) is 0 Å². The van der Waals surface area contributed by atoms with Gasteiger partial charge >= 0.3 is 0 Å². The van der Waals surface area contributed by atoms with Gasteiger partial charge in [0.1, 0.15) is 5.71 Å². The van der Waals surface area contributed by atoms with E-state index in [1.807, 2.05) is 30.3 Å². The van der Waals surface area contributed by atoms with Gasteiger partial charge in [0, 0.05) is 17.9 Å². The number of rotatable bonds is 1. The van der Waals surface area contributed by atoms with Crippen LogP contribution in [0.15, 0.2) is 35.5 Å². The highest BCUT2D eigenvalue weighted by molar-refractivity contribution is 6.01. The van der Waals surface area contributed by atoms with E-state index in [0.29, 0.717) is 11.6 Å². The molecule has 0 amide bonds. The van der Waals surface area contributed by atoms with Gasteiger partial charge in [0.25, 0.3) is 0 Å². The Morgan fingerprint density at radius 1 is 1.29 bits per heavy atom. The first-order valence-electron chi connectivity index (χ1n) is 5.89. The fraction of sp³-hybridized carbons (Fsp3) is 0.385. The van der Waals surface area contributed by atoms with Crippen LogP contribution in [-0.2, 0) is 0 Å². The van der Waals surface area contributed by atoms with Crippen molar-refractivity contribution in [1.82, 2.24) is 0 Å². The molecule has 0 bridgehead atoms. The smallest absolute Gasteiger partial charge is 0.208 e. The fourth-order valence-corrected chi connectivity index (χ4v) is 2.94. The number of oxime groups is 1. The summed E-state index contributed by atoms with van der Waals surface area (Å²) in [6, 6.07) is 9.48. The highest BCUT2D eigenvalue weighted by Crippen LogP contribution is 2.35. The Bertz CT molecular complexity index is 493. The van der Waals surface area contributed by atoms with Crippen LogP contribution in [-0.4, -0.2) is 27.4 Å². The van der Waals surface area contributed by atoms with Gasteiger partial charge < -0.3 is 10.4 Å². The van der Waals surface area contributed by atoms with Crippen LogP contribution in [0.2, 0.25) is 0 Å². The third-order valence-electron chi connectivity index (χ3n) is 3.77. The van der Waals surface area contributed by atoms with Crippen molar-refractivity contribution in [2.24, 2.45) is 11.1 Å². The van der Waals surface area contributed by atoms with E-state index < -0.39 is 0 Å². The maximum absolute atomic E-state index is 12.2. The van der Waals surface area contributed by atoms with Crippen LogP contribution < -0.4 is 0 Å². The summed E-state index contributed by atoms with van der Waals surface area (Å²) in [5.41, 5.74) is 2.44. The third-order valence-corrected chi connectivity index (χ3v) is 3.77. The Labute approximate surface area is 99.5 Å². The first-order valence-corrected chi connectivity index (χ1v) is 5.89. The van der Waals surface area contributed by atoms with E-state index in [2.05, 4.69) is 5.16 Å². The summed E-state index contributed by atoms with van der Waals surface area (Å²) in [4.78, 5) is 0. The SMILES string of the molecule is [O-][N+]1=C(c2ccccc2)CC2CCC(=NO)[C@@H]21. The summed E-state index contributed by atoms with van der Waals surface area (Å²) in [6.07, 6.45) is 2.48. The van der Waals surface area contributed by atoms with Gasteiger partial charge in [-0.05, 0) is 25.0 Å². The van der Waals surface area contributed by atoms with Crippen LogP contribution in [0.25, 0.3) is 0 Å². The molecule has 3 rings (SSSR count). The molecule has 1 fully saturated rings. The molecule has 1 aliphatic heterocycles. The molecule has 1 aliphatic carbocycles.